The maximum atomic E-state index is 4.15. The van der Waals surface area contributed by atoms with Crippen molar-refractivity contribution in [3.8, 4) is 5.69 Å². The summed E-state index contributed by atoms with van der Waals surface area (Å²) in [5.74, 6) is 1.31. The Morgan fingerprint density at radius 2 is 2.41 bits per heavy atom. The number of pyridine rings is 1. The number of piperidine rings is 1. The van der Waals surface area contributed by atoms with E-state index in [2.05, 4.69) is 25.8 Å². The van der Waals surface area contributed by atoms with Crippen molar-refractivity contribution in [2.75, 3.05) is 13.1 Å². The van der Waals surface area contributed by atoms with Gasteiger partial charge in [0.05, 0.1) is 11.9 Å². The Morgan fingerprint density at radius 3 is 3.18 bits per heavy atom. The van der Waals surface area contributed by atoms with Gasteiger partial charge in [-0.3, -0.25) is 4.98 Å². The zero-order chi connectivity index (χ0) is 11.5. The van der Waals surface area contributed by atoms with Crippen molar-refractivity contribution < 1.29 is 0 Å². The van der Waals surface area contributed by atoms with Crippen LogP contribution < -0.4 is 5.32 Å². The standard InChI is InChI=1S/C11H14N6/c1-3-9(7-12-5-1)11-14-15-16-17(11)10-4-2-6-13-8-10/h2,4,6,8-9,12H,1,3,5,7H2. The number of nitrogens with zero attached hydrogens (tertiary/aromatic N) is 5. The molecular weight excluding hydrogens is 216 g/mol. The summed E-state index contributed by atoms with van der Waals surface area (Å²) in [4.78, 5) is 4.09. The summed E-state index contributed by atoms with van der Waals surface area (Å²) >= 11 is 0. The fourth-order valence-electron chi connectivity index (χ4n) is 2.18. The smallest absolute Gasteiger partial charge is 0.161 e. The Bertz CT molecular complexity index is 474. The number of nitrogens with one attached hydrogen (secondary N) is 1. The maximum absolute atomic E-state index is 4.15. The monoisotopic (exact) mass is 230 g/mol. The number of rotatable bonds is 2. The Balaban J connectivity index is 1.93. The summed E-state index contributed by atoms with van der Waals surface area (Å²) in [6, 6.07) is 3.85. The molecule has 0 saturated carbocycles. The van der Waals surface area contributed by atoms with Gasteiger partial charge in [0.15, 0.2) is 5.82 Å². The molecule has 2 aromatic heterocycles. The van der Waals surface area contributed by atoms with Gasteiger partial charge in [-0.1, -0.05) is 0 Å². The van der Waals surface area contributed by atoms with Crippen molar-refractivity contribution in [3.05, 3.63) is 30.4 Å². The molecule has 88 valence electrons. The van der Waals surface area contributed by atoms with E-state index in [1.54, 1.807) is 17.1 Å². The van der Waals surface area contributed by atoms with Crippen molar-refractivity contribution in [2.24, 2.45) is 0 Å². The summed E-state index contributed by atoms with van der Waals surface area (Å²) in [5, 5.41) is 15.4. The fourth-order valence-corrected chi connectivity index (χ4v) is 2.18. The number of aromatic nitrogens is 5. The molecule has 1 atom stereocenters. The second kappa shape index (κ2) is 4.58. The van der Waals surface area contributed by atoms with Gasteiger partial charge in [0, 0.05) is 18.7 Å². The molecule has 0 radical (unpaired) electrons. The second-order valence-electron chi connectivity index (χ2n) is 4.20. The van der Waals surface area contributed by atoms with Crippen LogP contribution in [0.3, 0.4) is 0 Å². The second-order valence-corrected chi connectivity index (χ2v) is 4.20. The first-order valence-corrected chi connectivity index (χ1v) is 5.84. The molecule has 0 spiro atoms. The Kier molecular flexibility index (Phi) is 2.79. The third kappa shape index (κ3) is 2.03. The normalized spacial score (nSPS) is 20.4. The minimum atomic E-state index is 0.388. The van der Waals surface area contributed by atoms with Gasteiger partial charge in [-0.2, -0.15) is 4.68 Å². The first-order chi connectivity index (χ1) is 8.45. The molecule has 1 saturated heterocycles. The van der Waals surface area contributed by atoms with E-state index < -0.39 is 0 Å². The van der Waals surface area contributed by atoms with Gasteiger partial charge in [0.1, 0.15) is 0 Å². The molecule has 1 aliphatic heterocycles. The lowest BCUT2D eigenvalue weighted by Gasteiger charge is -2.21. The molecule has 0 amide bonds. The third-order valence-electron chi connectivity index (χ3n) is 3.05. The average Bonchev–Trinajstić information content (AvgIpc) is 2.90. The molecule has 6 heteroatoms. The number of tetrazole rings is 1. The SMILES string of the molecule is c1cncc(-n2nnnc2C2CCCNC2)c1. The van der Waals surface area contributed by atoms with Crippen LogP contribution in [-0.2, 0) is 0 Å². The highest BCUT2D eigenvalue weighted by molar-refractivity contribution is 5.27. The lowest BCUT2D eigenvalue weighted by atomic mass is 9.99. The molecule has 0 aliphatic carbocycles. The quantitative estimate of drug-likeness (QED) is 0.814. The van der Waals surface area contributed by atoms with E-state index in [0.717, 1.165) is 31.0 Å². The lowest BCUT2D eigenvalue weighted by molar-refractivity contribution is 0.440. The van der Waals surface area contributed by atoms with Crippen LogP contribution in [0.25, 0.3) is 5.69 Å². The van der Waals surface area contributed by atoms with E-state index in [4.69, 9.17) is 0 Å². The van der Waals surface area contributed by atoms with Crippen molar-refractivity contribution in [1.82, 2.24) is 30.5 Å². The van der Waals surface area contributed by atoms with Crippen LogP contribution in [-0.4, -0.2) is 38.3 Å². The maximum Gasteiger partial charge on any atom is 0.161 e. The van der Waals surface area contributed by atoms with E-state index in [1.807, 2.05) is 12.1 Å². The molecule has 3 rings (SSSR count). The van der Waals surface area contributed by atoms with Crippen molar-refractivity contribution in [3.63, 3.8) is 0 Å². The van der Waals surface area contributed by atoms with Gasteiger partial charge in [0.25, 0.3) is 0 Å². The molecule has 1 fully saturated rings. The van der Waals surface area contributed by atoms with Crippen LogP contribution in [0.1, 0.15) is 24.6 Å². The Morgan fingerprint density at radius 1 is 1.41 bits per heavy atom. The molecule has 17 heavy (non-hydrogen) atoms. The zero-order valence-corrected chi connectivity index (χ0v) is 9.45. The van der Waals surface area contributed by atoms with Gasteiger partial charge in [-0.25, -0.2) is 0 Å². The minimum Gasteiger partial charge on any atom is -0.316 e. The largest absolute Gasteiger partial charge is 0.316 e. The Hall–Kier alpha value is -1.82. The lowest BCUT2D eigenvalue weighted by Crippen LogP contribution is -2.30. The van der Waals surface area contributed by atoms with Crippen LogP contribution in [0.4, 0.5) is 0 Å². The van der Waals surface area contributed by atoms with Crippen molar-refractivity contribution >= 4 is 0 Å². The molecule has 1 N–H and O–H groups in total. The molecule has 1 aliphatic rings. The number of hydrogen-bond acceptors (Lipinski definition) is 5. The van der Waals surface area contributed by atoms with E-state index in [-0.39, 0.29) is 0 Å². The first kappa shape index (κ1) is 10.3. The summed E-state index contributed by atoms with van der Waals surface area (Å²) in [5.41, 5.74) is 0.915. The van der Waals surface area contributed by atoms with Gasteiger partial charge in [-0.15, -0.1) is 5.10 Å². The molecule has 0 aromatic carbocycles. The predicted molar refractivity (Wildman–Crippen MR) is 61.8 cm³/mol. The van der Waals surface area contributed by atoms with Crippen LogP contribution in [0.2, 0.25) is 0 Å². The molecule has 0 bridgehead atoms. The highest BCUT2D eigenvalue weighted by Crippen LogP contribution is 2.22. The van der Waals surface area contributed by atoms with Gasteiger partial charge < -0.3 is 5.32 Å². The van der Waals surface area contributed by atoms with Gasteiger partial charge in [0.2, 0.25) is 0 Å². The average molecular weight is 230 g/mol. The third-order valence-corrected chi connectivity index (χ3v) is 3.05. The molecule has 2 aromatic rings. The molecule has 3 heterocycles. The van der Waals surface area contributed by atoms with Gasteiger partial charge >= 0.3 is 0 Å². The van der Waals surface area contributed by atoms with Crippen LogP contribution in [0.5, 0.6) is 0 Å². The molecule has 1 unspecified atom stereocenters. The highest BCUT2D eigenvalue weighted by Gasteiger charge is 2.21. The topological polar surface area (TPSA) is 68.5 Å². The summed E-state index contributed by atoms with van der Waals surface area (Å²) in [7, 11) is 0. The Labute approximate surface area is 99.1 Å². The van der Waals surface area contributed by atoms with Crippen LogP contribution in [0.15, 0.2) is 24.5 Å². The number of hydrogen-bond donors (Lipinski definition) is 1. The first-order valence-electron chi connectivity index (χ1n) is 5.84. The molecule has 6 nitrogen and oxygen atoms in total. The zero-order valence-electron chi connectivity index (χ0n) is 9.45. The summed E-state index contributed by atoms with van der Waals surface area (Å²) < 4.78 is 1.78. The van der Waals surface area contributed by atoms with Crippen molar-refractivity contribution in [1.29, 1.82) is 0 Å². The van der Waals surface area contributed by atoms with E-state index in [0.29, 0.717) is 5.92 Å². The molecular formula is C11H14N6. The summed E-state index contributed by atoms with van der Waals surface area (Å²) in [6.45, 7) is 2.03. The van der Waals surface area contributed by atoms with Crippen LogP contribution in [0, 0.1) is 0 Å². The van der Waals surface area contributed by atoms with Crippen LogP contribution >= 0.6 is 0 Å². The fraction of sp³-hybridized carbons (Fsp3) is 0.455. The predicted octanol–water partition coefficient (Wildman–Crippen LogP) is 0.524. The minimum absolute atomic E-state index is 0.388. The summed E-state index contributed by atoms with van der Waals surface area (Å²) in [6.07, 6.45) is 5.82. The van der Waals surface area contributed by atoms with E-state index in [1.165, 1.54) is 6.42 Å². The van der Waals surface area contributed by atoms with E-state index >= 15 is 0 Å². The van der Waals surface area contributed by atoms with E-state index in [9.17, 15) is 0 Å². The van der Waals surface area contributed by atoms with Gasteiger partial charge in [-0.05, 0) is 41.9 Å². The highest BCUT2D eigenvalue weighted by atomic mass is 15.5. The van der Waals surface area contributed by atoms with Crippen molar-refractivity contribution in [2.45, 2.75) is 18.8 Å².